The fraction of sp³-hybridized carbons (Fsp3) is 0.500. The summed E-state index contributed by atoms with van der Waals surface area (Å²) in [7, 11) is 0. The summed E-state index contributed by atoms with van der Waals surface area (Å²) in [4.78, 5) is 16.0. The molecule has 1 aromatic heterocycles. The molecular formula is C12H13NO2. The monoisotopic (exact) mass is 203 g/mol. The Labute approximate surface area is 88.5 Å². The van der Waals surface area contributed by atoms with Crippen molar-refractivity contribution in [3.8, 4) is 5.75 Å². The second-order valence-electron chi connectivity index (χ2n) is 4.44. The third kappa shape index (κ3) is 1.34. The molecule has 0 bridgehead atoms. The van der Waals surface area contributed by atoms with Crippen molar-refractivity contribution in [1.29, 1.82) is 0 Å². The van der Waals surface area contributed by atoms with Gasteiger partial charge in [-0.3, -0.25) is 4.79 Å². The zero-order valence-corrected chi connectivity index (χ0v) is 8.53. The number of carbonyl (C=O) groups is 1. The predicted octanol–water partition coefficient (Wildman–Crippen LogP) is 2.36. The van der Waals surface area contributed by atoms with E-state index >= 15 is 0 Å². The van der Waals surface area contributed by atoms with E-state index in [1.807, 2.05) is 12.1 Å². The van der Waals surface area contributed by atoms with Gasteiger partial charge in [0.25, 0.3) is 0 Å². The van der Waals surface area contributed by atoms with Crippen LogP contribution in [0.25, 0.3) is 0 Å². The summed E-state index contributed by atoms with van der Waals surface area (Å²) in [5, 5.41) is 0. The number of hydrogen-bond donors (Lipinski definition) is 0. The van der Waals surface area contributed by atoms with E-state index in [2.05, 4.69) is 4.98 Å². The molecule has 1 aromatic rings. The van der Waals surface area contributed by atoms with Gasteiger partial charge >= 0.3 is 0 Å². The number of nitrogens with zero attached hydrogens (tertiary/aromatic N) is 1. The second-order valence-corrected chi connectivity index (χ2v) is 4.44. The molecule has 0 radical (unpaired) electrons. The highest BCUT2D eigenvalue weighted by Gasteiger charge is 2.42. The number of fused-ring (bicyclic) bond motifs is 1. The van der Waals surface area contributed by atoms with E-state index in [0.29, 0.717) is 17.9 Å². The van der Waals surface area contributed by atoms with Crippen LogP contribution >= 0.6 is 0 Å². The van der Waals surface area contributed by atoms with Crippen molar-refractivity contribution in [2.24, 2.45) is 0 Å². The number of aromatic nitrogens is 1. The number of pyridine rings is 1. The minimum absolute atomic E-state index is 0.138. The predicted molar refractivity (Wildman–Crippen MR) is 55.0 cm³/mol. The van der Waals surface area contributed by atoms with Crippen molar-refractivity contribution in [3.63, 3.8) is 0 Å². The lowest BCUT2D eigenvalue weighted by Gasteiger charge is -2.33. The Morgan fingerprint density at radius 1 is 1.33 bits per heavy atom. The van der Waals surface area contributed by atoms with Crippen molar-refractivity contribution >= 4 is 5.78 Å². The lowest BCUT2D eigenvalue weighted by Crippen LogP contribution is -2.39. The zero-order chi connectivity index (χ0) is 10.3. The number of ketones is 1. The molecule has 0 amide bonds. The van der Waals surface area contributed by atoms with Gasteiger partial charge in [-0.1, -0.05) is 0 Å². The highest BCUT2D eigenvalue weighted by molar-refractivity contribution is 5.98. The van der Waals surface area contributed by atoms with E-state index in [-0.39, 0.29) is 11.4 Å². The molecule has 1 aliphatic heterocycles. The molecule has 1 saturated carbocycles. The van der Waals surface area contributed by atoms with Gasteiger partial charge in [0.2, 0.25) is 0 Å². The SMILES string of the molecule is O=C1CC2(CCCC2)Oc2cccnc21. The van der Waals surface area contributed by atoms with E-state index in [1.54, 1.807) is 6.20 Å². The number of rotatable bonds is 0. The maximum absolute atomic E-state index is 11.9. The van der Waals surface area contributed by atoms with Gasteiger partial charge in [-0.05, 0) is 37.8 Å². The Hall–Kier alpha value is -1.38. The van der Waals surface area contributed by atoms with E-state index in [1.165, 1.54) is 12.8 Å². The second kappa shape index (κ2) is 3.05. The highest BCUT2D eigenvalue weighted by Crippen LogP contribution is 2.41. The lowest BCUT2D eigenvalue weighted by molar-refractivity contribution is 0.0439. The van der Waals surface area contributed by atoms with Crippen LogP contribution in [0.5, 0.6) is 5.75 Å². The van der Waals surface area contributed by atoms with E-state index in [9.17, 15) is 4.79 Å². The molecule has 1 aliphatic carbocycles. The minimum atomic E-state index is -0.201. The van der Waals surface area contributed by atoms with Crippen LogP contribution in [0.1, 0.15) is 42.6 Å². The van der Waals surface area contributed by atoms with Crippen LogP contribution in [0.4, 0.5) is 0 Å². The molecule has 0 aromatic carbocycles. The topological polar surface area (TPSA) is 39.2 Å². The quantitative estimate of drug-likeness (QED) is 0.649. The molecule has 0 saturated heterocycles. The van der Waals surface area contributed by atoms with Crippen molar-refractivity contribution < 1.29 is 9.53 Å². The Morgan fingerprint density at radius 2 is 2.13 bits per heavy atom. The van der Waals surface area contributed by atoms with Crippen molar-refractivity contribution in [1.82, 2.24) is 4.98 Å². The first-order valence-electron chi connectivity index (χ1n) is 5.46. The first kappa shape index (κ1) is 8.89. The lowest BCUT2D eigenvalue weighted by atomic mass is 9.91. The van der Waals surface area contributed by atoms with E-state index in [0.717, 1.165) is 12.8 Å². The van der Waals surface area contributed by atoms with Gasteiger partial charge in [0.05, 0.1) is 6.42 Å². The molecular weight excluding hydrogens is 190 g/mol. The fourth-order valence-electron chi connectivity index (χ4n) is 2.63. The van der Waals surface area contributed by atoms with Gasteiger partial charge in [-0.2, -0.15) is 0 Å². The van der Waals surface area contributed by atoms with Gasteiger partial charge in [0.1, 0.15) is 17.0 Å². The Bertz CT molecular complexity index is 408. The average molecular weight is 203 g/mol. The molecule has 3 heteroatoms. The Kier molecular flexibility index (Phi) is 1.81. The minimum Gasteiger partial charge on any atom is -0.484 e. The van der Waals surface area contributed by atoms with Crippen LogP contribution in [0.2, 0.25) is 0 Å². The largest absolute Gasteiger partial charge is 0.484 e. The number of hydrogen-bond acceptors (Lipinski definition) is 3. The van der Waals surface area contributed by atoms with Crippen LogP contribution in [0.15, 0.2) is 18.3 Å². The smallest absolute Gasteiger partial charge is 0.188 e. The van der Waals surface area contributed by atoms with Gasteiger partial charge in [-0.15, -0.1) is 0 Å². The standard InChI is InChI=1S/C12H13NO2/c14-9-8-12(5-1-2-6-12)15-10-4-3-7-13-11(9)10/h3-4,7H,1-2,5-6,8H2. The van der Waals surface area contributed by atoms with E-state index in [4.69, 9.17) is 4.74 Å². The van der Waals surface area contributed by atoms with Gasteiger partial charge in [0.15, 0.2) is 5.78 Å². The molecule has 15 heavy (non-hydrogen) atoms. The molecule has 3 rings (SSSR count). The zero-order valence-electron chi connectivity index (χ0n) is 8.53. The number of Topliss-reactive ketones (excluding diaryl/α,β-unsaturated/α-hetero) is 1. The molecule has 0 N–H and O–H groups in total. The Balaban J connectivity index is 2.02. The normalized spacial score (nSPS) is 22.5. The third-order valence-electron chi connectivity index (χ3n) is 3.36. The fourth-order valence-corrected chi connectivity index (χ4v) is 2.63. The molecule has 3 nitrogen and oxygen atoms in total. The highest BCUT2D eigenvalue weighted by atomic mass is 16.5. The van der Waals surface area contributed by atoms with Crippen LogP contribution in [-0.4, -0.2) is 16.4 Å². The molecule has 1 fully saturated rings. The number of ether oxygens (including phenoxy) is 1. The van der Waals surface area contributed by atoms with Crippen LogP contribution in [0.3, 0.4) is 0 Å². The molecule has 0 unspecified atom stereocenters. The number of carbonyl (C=O) groups excluding carboxylic acids is 1. The maximum Gasteiger partial charge on any atom is 0.188 e. The van der Waals surface area contributed by atoms with Crippen LogP contribution in [0, 0.1) is 0 Å². The van der Waals surface area contributed by atoms with Gasteiger partial charge in [0, 0.05) is 6.20 Å². The molecule has 78 valence electrons. The summed E-state index contributed by atoms with van der Waals surface area (Å²) in [5.41, 5.74) is 0.308. The third-order valence-corrected chi connectivity index (χ3v) is 3.36. The summed E-state index contributed by atoms with van der Waals surface area (Å²) in [6, 6.07) is 3.67. The molecule has 0 atom stereocenters. The summed E-state index contributed by atoms with van der Waals surface area (Å²) >= 11 is 0. The van der Waals surface area contributed by atoms with Crippen molar-refractivity contribution in [2.45, 2.75) is 37.7 Å². The first-order chi connectivity index (χ1) is 7.29. The molecule has 2 aliphatic rings. The first-order valence-corrected chi connectivity index (χ1v) is 5.46. The maximum atomic E-state index is 11.9. The van der Waals surface area contributed by atoms with Crippen LogP contribution in [-0.2, 0) is 0 Å². The Morgan fingerprint density at radius 3 is 2.93 bits per heavy atom. The molecule has 1 spiro atoms. The van der Waals surface area contributed by atoms with Crippen molar-refractivity contribution in [3.05, 3.63) is 24.0 Å². The van der Waals surface area contributed by atoms with Gasteiger partial charge < -0.3 is 4.74 Å². The summed E-state index contributed by atoms with van der Waals surface area (Å²) < 4.78 is 5.97. The molecule has 2 heterocycles. The average Bonchev–Trinajstić information content (AvgIpc) is 2.66. The van der Waals surface area contributed by atoms with Crippen LogP contribution < -0.4 is 4.74 Å². The van der Waals surface area contributed by atoms with Gasteiger partial charge in [-0.25, -0.2) is 4.98 Å². The van der Waals surface area contributed by atoms with Crippen molar-refractivity contribution in [2.75, 3.05) is 0 Å². The summed E-state index contributed by atoms with van der Waals surface area (Å²) in [5.74, 6) is 0.814. The summed E-state index contributed by atoms with van der Waals surface area (Å²) in [6.07, 6.45) is 6.51. The van der Waals surface area contributed by atoms with E-state index < -0.39 is 0 Å². The summed E-state index contributed by atoms with van der Waals surface area (Å²) in [6.45, 7) is 0.